The third-order valence-corrected chi connectivity index (χ3v) is 3.62. The van der Waals surface area contributed by atoms with Crippen LogP contribution in [0.5, 0.6) is 11.5 Å². The Morgan fingerprint density at radius 3 is 1.96 bits per heavy atom. The topological polar surface area (TPSA) is 76.7 Å². The molecule has 0 saturated heterocycles. The van der Waals surface area contributed by atoms with Gasteiger partial charge < -0.3 is 20.1 Å². The van der Waals surface area contributed by atoms with Crippen LogP contribution < -0.4 is 20.1 Å². The van der Waals surface area contributed by atoms with Gasteiger partial charge in [0, 0.05) is 17.7 Å². The highest BCUT2D eigenvalue weighted by atomic mass is 35.5. The quantitative estimate of drug-likeness (QED) is 0.771. The average molecular weight is 363 g/mol. The van der Waals surface area contributed by atoms with Gasteiger partial charge in [-0.3, -0.25) is 9.59 Å². The summed E-state index contributed by atoms with van der Waals surface area (Å²) >= 11 is 5.77. The molecule has 132 valence electrons. The second-order valence-electron chi connectivity index (χ2n) is 5.18. The van der Waals surface area contributed by atoms with Crippen LogP contribution in [0.1, 0.15) is 17.3 Å². The summed E-state index contributed by atoms with van der Waals surface area (Å²) in [6.45, 7) is 1.56. The summed E-state index contributed by atoms with van der Waals surface area (Å²) in [5.41, 5.74) is 1.33. The summed E-state index contributed by atoms with van der Waals surface area (Å²) in [6, 6.07) is 11.9. The number of methoxy groups -OCH3 is 2. The first-order chi connectivity index (χ1) is 12.0. The predicted molar refractivity (Wildman–Crippen MR) is 97.9 cm³/mol. The van der Waals surface area contributed by atoms with Gasteiger partial charge in [0.1, 0.15) is 16.9 Å². The van der Waals surface area contributed by atoms with Crippen LogP contribution >= 0.6 is 11.6 Å². The Morgan fingerprint density at radius 1 is 0.960 bits per heavy atom. The molecule has 6 nitrogen and oxygen atoms in total. The van der Waals surface area contributed by atoms with Crippen molar-refractivity contribution in [1.82, 2.24) is 0 Å². The van der Waals surface area contributed by atoms with Crippen LogP contribution in [0.15, 0.2) is 42.5 Å². The third kappa shape index (κ3) is 4.64. The van der Waals surface area contributed by atoms with Crippen LogP contribution in [0, 0.1) is 0 Å². The van der Waals surface area contributed by atoms with Crippen molar-refractivity contribution in [2.75, 3.05) is 24.9 Å². The van der Waals surface area contributed by atoms with Crippen molar-refractivity contribution < 1.29 is 19.1 Å². The molecule has 2 aromatic rings. The molecule has 0 aliphatic heterocycles. The lowest BCUT2D eigenvalue weighted by molar-refractivity contribution is -0.115. The van der Waals surface area contributed by atoms with Gasteiger partial charge in [-0.25, -0.2) is 0 Å². The molecule has 0 heterocycles. The smallest absolute Gasteiger partial charge is 0.255 e. The van der Waals surface area contributed by atoms with Gasteiger partial charge in [-0.05, 0) is 19.1 Å². The van der Waals surface area contributed by atoms with Crippen LogP contribution in [0.25, 0.3) is 0 Å². The van der Waals surface area contributed by atoms with Crippen LogP contribution in [-0.4, -0.2) is 31.4 Å². The van der Waals surface area contributed by atoms with Crippen molar-refractivity contribution in [3.8, 4) is 11.5 Å². The Labute approximate surface area is 151 Å². The normalized spacial score (nSPS) is 11.4. The summed E-state index contributed by atoms with van der Waals surface area (Å²) in [7, 11) is 2.93. The number of anilines is 2. The second-order valence-corrected chi connectivity index (χ2v) is 5.83. The number of alkyl halides is 1. The number of carbonyl (C=O) groups excluding carboxylic acids is 2. The molecule has 2 rings (SSSR count). The minimum absolute atomic E-state index is 0.285. The van der Waals surface area contributed by atoms with Gasteiger partial charge in [-0.1, -0.05) is 18.2 Å². The highest BCUT2D eigenvalue weighted by molar-refractivity contribution is 6.32. The maximum atomic E-state index is 12.3. The first-order valence-electron chi connectivity index (χ1n) is 7.53. The molecule has 0 radical (unpaired) electrons. The predicted octanol–water partition coefficient (Wildman–Crippen LogP) is 3.52. The summed E-state index contributed by atoms with van der Waals surface area (Å²) in [4.78, 5) is 24.2. The Morgan fingerprint density at radius 2 is 1.48 bits per heavy atom. The molecule has 0 aliphatic carbocycles. The van der Waals surface area contributed by atoms with Crippen molar-refractivity contribution in [3.63, 3.8) is 0 Å². The summed E-state index contributed by atoms with van der Waals surface area (Å²) in [6.07, 6.45) is 0. The van der Waals surface area contributed by atoms with Gasteiger partial charge in [0.15, 0.2) is 0 Å². The number of hydrogen-bond donors (Lipinski definition) is 2. The van der Waals surface area contributed by atoms with Gasteiger partial charge in [0.05, 0.1) is 25.6 Å². The highest BCUT2D eigenvalue weighted by Gasteiger charge is 2.17. The summed E-state index contributed by atoms with van der Waals surface area (Å²) in [5.74, 6) is 0.0904. The van der Waals surface area contributed by atoms with E-state index in [-0.39, 0.29) is 11.8 Å². The fourth-order valence-corrected chi connectivity index (χ4v) is 2.16. The number of amides is 2. The molecule has 0 spiro atoms. The monoisotopic (exact) mass is 362 g/mol. The summed E-state index contributed by atoms with van der Waals surface area (Å²) in [5, 5.41) is 4.73. The lowest BCUT2D eigenvalue weighted by Gasteiger charge is -2.16. The van der Waals surface area contributed by atoms with Crippen LogP contribution in [0.4, 0.5) is 11.4 Å². The van der Waals surface area contributed by atoms with Gasteiger partial charge in [-0.2, -0.15) is 0 Å². The van der Waals surface area contributed by atoms with E-state index in [1.165, 1.54) is 14.2 Å². The zero-order valence-electron chi connectivity index (χ0n) is 14.1. The molecule has 1 atom stereocenters. The first kappa shape index (κ1) is 18.6. The zero-order chi connectivity index (χ0) is 18.4. The van der Waals surface area contributed by atoms with Crippen molar-refractivity contribution in [2.45, 2.75) is 12.3 Å². The van der Waals surface area contributed by atoms with Crippen LogP contribution in [-0.2, 0) is 4.79 Å². The minimum atomic E-state index is -0.701. The molecule has 2 amide bonds. The van der Waals surface area contributed by atoms with E-state index in [1.54, 1.807) is 43.3 Å². The SMILES string of the molecule is COc1cc(NC(=O)[C@@H](C)Cl)c(OC)cc1NC(=O)c1ccccc1. The number of nitrogens with one attached hydrogen (secondary N) is 2. The maximum Gasteiger partial charge on any atom is 0.255 e. The average Bonchev–Trinajstić information content (AvgIpc) is 2.62. The molecular formula is C18H19ClN2O4. The molecule has 2 aromatic carbocycles. The van der Waals surface area contributed by atoms with E-state index < -0.39 is 5.38 Å². The third-order valence-electron chi connectivity index (χ3n) is 3.42. The lowest BCUT2D eigenvalue weighted by Crippen LogP contribution is -2.21. The van der Waals surface area contributed by atoms with E-state index in [0.29, 0.717) is 28.4 Å². The van der Waals surface area contributed by atoms with E-state index in [4.69, 9.17) is 21.1 Å². The van der Waals surface area contributed by atoms with Gasteiger partial charge in [-0.15, -0.1) is 11.6 Å². The Balaban J connectivity index is 2.32. The van der Waals surface area contributed by atoms with E-state index in [0.717, 1.165) is 0 Å². The molecule has 0 saturated carbocycles. The number of ether oxygens (including phenoxy) is 2. The minimum Gasteiger partial charge on any atom is -0.494 e. The van der Waals surface area contributed by atoms with E-state index in [9.17, 15) is 9.59 Å². The van der Waals surface area contributed by atoms with Crippen LogP contribution in [0.3, 0.4) is 0 Å². The fourth-order valence-electron chi connectivity index (χ4n) is 2.11. The van der Waals surface area contributed by atoms with Crippen LogP contribution in [0.2, 0.25) is 0 Å². The highest BCUT2D eigenvalue weighted by Crippen LogP contribution is 2.36. The molecule has 7 heteroatoms. The van der Waals surface area contributed by atoms with Gasteiger partial charge >= 0.3 is 0 Å². The molecular weight excluding hydrogens is 344 g/mol. The van der Waals surface area contributed by atoms with Gasteiger partial charge in [0.2, 0.25) is 5.91 Å². The number of benzene rings is 2. The molecule has 0 aromatic heterocycles. The molecule has 0 bridgehead atoms. The van der Waals surface area contributed by atoms with E-state index in [2.05, 4.69) is 10.6 Å². The van der Waals surface area contributed by atoms with Crippen molar-refractivity contribution in [2.24, 2.45) is 0 Å². The first-order valence-corrected chi connectivity index (χ1v) is 7.97. The Hall–Kier alpha value is -2.73. The van der Waals surface area contributed by atoms with Crippen molar-refractivity contribution in [1.29, 1.82) is 0 Å². The fraction of sp³-hybridized carbons (Fsp3) is 0.222. The summed E-state index contributed by atoms with van der Waals surface area (Å²) < 4.78 is 10.6. The number of halogens is 1. The zero-order valence-corrected chi connectivity index (χ0v) is 14.9. The van der Waals surface area contributed by atoms with E-state index >= 15 is 0 Å². The maximum absolute atomic E-state index is 12.3. The number of rotatable bonds is 6. The molecule has 2 N–H and O–H groups in total. The number of hydrogen-bond acceptors (Lipinski definition) is 4. The Kier molecular flexibility index (Phi) is 6.25. The Bertz CT molecular complexity index is 763. The molecule has 0 fully saturated rings. The molecule has 25 heavy (non-hydrogen) atoms. The number of carbonyl (C=O) groups is 2. The van der Waals surface area contributed by atoms with Gasteiger partial charge in [0.25, 0.3) is 5.91 Å². The molecule has 0 unspecified atom stereocenters. The van der Waals surface area contributed by atoms with Crippen molar-refractivity contribution >= 4 is 34.8 Å². The second kappa shape index (κ2) is 8.39. The standard InChI is InChI=1S/C18H19ClN2O4/c1-11(19)17(22)20-13-9-16(25-3)14(10-15(13)24-2)21-18(23)12-7-5-4-6-8-12/h4-11H,1-3H3,(H,20,22)(H,21,23)/t11-/m1/s1. The molecule has 0 aliphatic rings. The van der Waals surface area contributed by atoms with E-state index in [1.807, 2.05) is 6.07 Å². The van der Waals surface area contributed by atoms with Crippen molar-refractivity contribution in [3.05, 3.63) is 48.0 Å². The largest absolute Gasteiger partial charge is 0.494 e. The lowest BCUT2D eigenvalue weighted by atomic mass is 10.2.